The maximum Gasteiger partial charge on any atom is 0.258 e. The standard InChI is InChI=1S/C19H19NO3/c1-3-23-17-6-4-5-16(12-17)19(22)20-10-9-15-11-14(13(2)21)7-8-18(15)20/h4-8,11-12H,3,9-10H2,1-2H3. The first-order valence-corrected chi connectivity index (χ1v) is 7.78. The quantitative estimate of drug-likeness (QED) is 0.812. The van der Waals surface area contributed by atoms with Crippen molar-refractivity contribution in [3.8, 4) is 5.75 Å². The Morgan fingerprint density at radius 2 is 1.96 bits per heavy atom. The van der Waals surface area contributed by atoms with E-state index >= 15 is 0 Å². The second-order valence-corrected chi connectivity index (χ2v) is 5.57. The first-order chi connectivity index (χ1) is 11.1. The molecule has 0 radical (unpaired) electrons. The molecule has 1 aliphatic rings. The van der Waals surface area contributed by atoms with Gasteiger partial charge in [-0.25, -0.2) is 0 Å². The summed E-state index contributed by atoms with van der Waals surface area (Å²) in [7, 11) is 0. The molecular weight excluding hydrogens is 290 g/mol. The minimum Gasteiger partial charge on any atom is -0.494 e. The molecule has 1 aliphatic heterocycles. The first kappa shape index (κ1) is 15.3. The molecule has 2 aromatic rings. The zero-order valence-electron chi connectivity index (χ0n) is 13.3. The van der Waals surface area contributed by atoms with Crippen LogP contribution in [0, 0.1) is 0 Å². The van der Waals surface area contributed by atoms with Crippen molar-refractivity contribution in [2.75, 3.05) is 18.1 Å². The zero-order chi connectivity index (χ0) is 16.4. The molecule has 0 fully saturated rings. The summed E-state index contributed by atoms with van der Waals surface area (Å²) in [6.07, 6.45) is 0.771. The Morgan fingerprint density at radius 1 is 1.13 bits per heavy atom. The van der Waals surface area contributed by atoms with E-state index in [1.54, 1.807) is 30.0 Å². The maximum atomic E-state index is 12.8. The summed E-state index contributed by atoms with van der Waals surface area (Å²) < 4.78 is 5.46. The van der Waals surface area contributed by atoms with Gasteiger partial charge >= 0.3 is 0 Å². The van der Waals surface area contributed by atoms with Crippen molar-refractivity contribution in [1.29, 1.82) is 0 Å². The highest BCUT2D eigenvalue weighted by atomic mass is 16.5. The van der Waals surface area contributed by atoms with Crippen molar-refractivity contribution in [2.45, 2.75) is 20.3 Å². The molecule has 3 rings (SSSR count). The van der Waals surface area contributed by atoms with Crippen molar-refractivity contribution in [3.05, 3.63) is 59.2 Å². The van der Waals surface area contributed by atoms with Crippen LogP contribution in [0.1, 0.15) is 40.1 Å². The summed E-state index contributed by atoms with van der Waals surface area (Å²) >= 11 is 0. The number of carbonyl (C=O) groups excluding carboxylic acids is 2. The van der Waals surface area contributed by atoms with Crippen LogP contribution in [0.3, 0.4) is 0 Å². The number of ketones is 1. The third-order valence-corrected chi connectivity index (χ3v) is 4.02. The smallest absolute Gasteiger partial charge is 0.258 e. The molecule has 0 unspecified atom stereocenters. The Labute approximate surface area is 135 Å². The molecule has 0 saturated heterocycles. The molecule has 1 heterocycles. The average molecular weight is 309 g/mol. The van der Waals surface area contributed by atoms with E-state index in [1.165, 1.54) is 0 Å². The number of hydrogen-bond acceptors (Lipinski definition) is 3. The molecule has 0 atom stereocenters. The summed E-state index contributed by atoms with van der Waals surface area (Å²) in [6, 6.07) is 12.8. The van der Waals surface area contributed by atoms with Crippen LogP contribution in [0.15, 0.2) is 42.5 Å². The highest BCUT2D eigenvalue weighted by Gasteiger charge is 2.26. The SMILES string of the molecule is CCOc1cccc(C(=O)N2CCc3cc(C(C)=O)ccc32)c1. The molecule has 0 saturated carbocycles. The van der Waals surface area contributed by atoms with Gasteiger partial charge in [-0.3, -0.25) is 9.59 Å². The molecule has 23 heavy (non-hydrogen) atoms. The second kappa shape index (κ2) is 6.24. The third-order valence-electron chi connectivity index (χ3n) is 4.02. The predicted molar refractivity (Wildman–Crippen MR) is 89.4 cm³/mol. The van der Waals surface area contributed by atoms with Crippen LogP contribution in [0.5, 0.6) is 5.75 Å². The Kier molecular flexibility index (Phi) is 4.15. The van der Waals surface area contributed by atoms with Gasteiger partial charge in [0.2, 0.25) is 0 Å². The largest absolute Gasteiger partial charge is 0.494 e. The van der Waals surface area contributed by atoms with E-state index in [1.807, 2.05) is 31.2 Å². The van der Waals surface area contributed by atoms with Gasteiger partial charge in [0.05, 0.1) is 6.61 Å². The van der Waals surface area contributed by atoms with E-state index in [2.05, 4.69) is 0 Å². The Morgan fingerprint density at radius 3 is 2.70 bits per heavy atom. The lowest BCUT2D eigenvalue weighted by Crippen LogP contribution is -2.28. The highest BCUT2D eigenvalue weighted by molar-refractivity contribution is 6.08. The number of carbonyl (C=O) groups is 2. The molecule has 0 aromatic heterocycles. The predicted octanol–water partition coefficient (Wildman–Crippen LogP) is 3.49. The van der Waals surface area contributed by atoms with Crippen LogP contribution in [0.2, 0.25) is 0 Å². The fourth-order valence-electron chi connectivity index (χ4n) is 2.87. The Hall–Kier alpha value is -2.62. The lowest BCUT2D eigenvalue weighted by molar-refractivity contribution is 0.0987. The topological polar surface area (TPSA) is 46.6 Å². The maximum absolute atomic E-state index is 12.8. The monoisotopic (exact) mass is 309 g/mol. The van der Waals surface area contributed by atoms with Gasteiger partial charge in [-0.1, -0.05) is 6.07 Å². The number of Topliss-reactive ketones (excluding diaryl/α,β-unsaturated/α-hetero) is 1. The van der Waals surface area contributed by atoms with E-state index in [4.69, 9.17) is 4.74 Å². The Balaban J connectivity index is 1.88. The van der Waals surface area contributed by atoms with Gasteiger partial charge in [-0.15, -0.1) is 0 Å². The van der Waals surface area contributed by atoms with Crippen LogP contribution in [0.25, 0.3) is 0 Å². The van der Waals surface area contributed by atoms with Gasteiger partial charge in [-0.05, 0) is 62.2 Å². The van der Waals surface area contributed by atoms with Gasteiger partial charge in [0.15, 0.2) is 5.78 Å². The summed E-state index contributed by atoms with van der Waals surface area (Å²) in [5.74, 6) is 0.701. The normalized spacial score (nSPS) is 12.9. The molecule has 1 amide bonds. The van der Waals surface area contributed by atoms with Gasteiger partial charge < -0.3 is 9.64 Å². The molecule has 4 nitrogen and oxygen atoms in total. The van der Waals surface area contributed by atoms with Gasteiger partial charge in [-0.2, -0.15) is 0 Å². The van der Waals surface area contributed by atoms with E-state index in [-0.39, 0.29) is 11.7 Å². The minimum atomic E-state index is -0.0409. The van der Waals surface area contributed by atoms with Crippen molar-refractivity contribution >= 4 is 17.4 Å². The molecule has 0 spiro atoms. The van der Waals surface area contributed by atoms with E-state index in [9.17, 15) is 9.59 Å². The lowest BCUT2D eigenvalue weighted by atomic mass is 10.1. The summed E-state index contributed by atoms with van der Waals surface area (Å²) in [6.45, 7) is 4.67. The number of ether oxygens (including phenoxy) is 1. The van der Waals surface area contributed by atoms with Crippen LogP contribution in [-0.4, -0.2) is 24.8 Å². The molecule has 118 valence electrons. The fraction of sp³-hybridized carbons (Fsp3) is 0.263. The number of hydrogen-bond donors (Lipinski definition) is 0. The Bertz CT molecular complexity index is 767. The number of fused-ring (bicyclic) bond motifs is 1. The van der Waals surface area contributed by atoms with Crippen LogP contribution >= 0.6 is 0 Å². The number of amides is 1. The molecule has 4 heteroatoms. The fourth-order valence-corrected chi connectivity index (χ4v) is 2.87. The number of nitrogens with zero attached hydrogens (tertiary/aromatic N) is 1. The van der Waals surface area contributed by atoms with Gasteiger partial charge in [0, 0.05) is 23.4 Å². The second-order valence-electron chi connectivity index (χ2n) is 5.57. The number of benzene rings is 2. The van der Waals surface area contributed by atoms with Crippen molar-refractivity contribution in [1.82, 2.24) is 0 Å². The van der Waals surface area contributed by atoms with Crippen LogP contribution in [0.4, 0.5) is 5.69 Å². The van der Waals surface area contributed by atoms with Crippen LogP contribution in [-0.2, 0) is 6.42 Å². The summed E-state index contributed by atoms with van der Waals surface area (Å²) in [5, 5.41) is 0. The van der Waals surface area contributed by atoms with Crippen molar-refractivity contribution in [3.63, 3.8) is 0 Å². The van der Waals surface area contributed by atoms with E-state index in [0.717, 1.165) is 17.7 Å². The zero-order valence-corrected chi connectivity index (χ0v) is 13.3. The molecule has 0 N–H and O–H groups in total. The van der Waals surface area contributed by atoms with Gasteiger partial charge in [0.25, 0.3) is 5.91 Å². The van der Waals surface area contributed by atoms with E-state index < -0.39 is 0 Å². The molecule has 0 aliphatic carbocycles. The number of anilines is 1. The minimum absolute atomic E-state index is 0.0409. The molecule has 2 aromatic carbocycles. The first-order valence-electron chi connectivity index (χ1n) is 7.78. The van der Waals surface area contributed by atoms with E-state index in [0.29, 0.717) is 30.0 Å². The summed E-state index contributed by atoms with van der Waals surface area (Å²) in [5.41, 5.74) is 3.24. The van der Waals surface area contributed by atoms with Crippen LogP contribution < -0.4 is 9.64 Å². The molecule has 0 bridgehead atoms. The van der Waals surface area contributed by atoms with Gasteiger partial charge in [0.1, 0.15) is 5.75 Å². The number of rotatable bonds is 4. The van der Waals surface area contributed by atoms with Crippen molar-refractivity contribution < 1.29 is 14.3 Å². The third kappa shape index (κ3) is 2.97. The average Bonchev–Trinajstić information content (AvgIpc) is 2.97. The highest BCUT2D eigenvalue weighted by Crippen LogP contribution is 2.30. The van der Waals surface area contributed by atoms with Crippen molar-refractivity contribution in [2.24, 2.45) is 0 Å². The lowest BCUT2D eigenvalue weighted by Gasteiger charge is -2.18. The summed E-state index contributed by atoms with van der Waals surface area (Å²) in [4.78, 5) is 26.0. The molecular formula is C19H19NO3.